The van der Waals surface area contributed by atoms with Gasteiger partial charge in [0.2, 0.25) is 5.91 Å². The number of alkyl halides is 3. The third kappa shape index (κ3) is 7.15. The zero-order valence-corrected chi connectivity index (χ0v) is 23.4. The number of amides is 3. The lowest BCUT2D eigenvalue weighted by molar-refractivity contribution is -0.137. The van der Waals surface area contributed by atoms with Crippen molar-refractivity contribution in [2.45, 2.75) is 38.0 Å². The molecule has 1 aliphatic rings. The number of carbonyl (C=O) groups is 2. The highest BCUT2D eigenvalue weighted by Gasteiger charge is 2.35. The summed E-state index contributed by atoms with van der Waals surface area (Å²) in [6.45, 7) is 0.394. The number of para-hydroxylation sites is 1. The van der Waals surface area contributed by atoms with Crippen molar-refractivity contribution in [3.05, 3.63) is 99.7 Å². The number of H-pyrrole nitrogens is 1. The van der Waals surface area contributed by atoms with E-state index >= 15 is 0 Å². The van der Waals surface area contributed by atoms with Gasteiger partial charge in [0.15, 0.2) is 0 Å². The zero-order valence-electron chi connectivity index (χ0n) is 21.8. The number of rotatable bonds is 9. The van der Waals surface area contributed by atoms with E-state index in [4.69, 9.17) is 23.2 Å². The average Bonchev–Trinajstić information content (AvgIpc) is 3.70. The minimum absolute atomic E-state index is 0.00919. The van der Waals surface area contributed by atoms with Crippen LogP contribution < -0.4 is 5.32 Å². The Labute approximate surface area is 245 Å². The van der Waals surface area contributed by atoms with Gasteiger partial charge in [-0.3, -0.25) is 4.79 Å². The molecule has 214 valence electrons. The molecular formula is C30H27Cl2F3N4O2. The third-order valence-corrected chi connectivity index (χ3v) is 7.77. The summed E-state index contributed by atoms with van der Waals surface area (Å²) in [5, 5.41) is 4.37. The summed E-state index contributed by atoms with van der Waals surface area (Å²) in [7, 11) is 0. The summed E-state index contributed by atoms with van der Waals surface area (Å²) in [5.74, 6) is -0.290. The lowest BCUT2D eigenvalue weighted by Crippen LogP contribution is -2.45. The molecule has 1 aromatic heterocycles. The number of fused-ring (bicyclic) bond motifs is 1. The van der Waals surface area contributed by atoms with E-state index in [9.17, 15) is 22.8 Å². The summed E-state index contributed by atoms with van der Waals surface area (Å²) in [6.07, 6.45) is -0.623. The van der Waals surface area contributed by atoms with E-state index in [1.54, 1.807) is 23.1 Å². The molecule has 0 atom stereocenters. The Kier molecular flexibility index (Phi) is 8.47. The maximum absolute atomic E-state index is 13.7. The first-order valence-electron chi connectivity index (χ1n) is 13.1. The fourth-order valence-corrected chi connectivity index (χ4v) is 5.03. The van der Waals surface area contributed by atoms with E-state index in [0.29, 0.717) is 35.9 Å². The lowest BCUT2D eigenvalue weighted by atomic mass is 10.1. The minimum Gasteiger partial charge on any atom is -0.361 e. The number of aromatic nitrogens is 1. The van der Waals surface area contributed by atoms with Crippen LogP contribution in [0.15, 0.2) is 72.9 Å². The average molecular weight is 603 g/mol. The fraction of sp³-hybridized carbons (Fsp3) is 0.267. The fourth-order valence-electron chi connectivity index (χ4n) is 4.71. The van der Waals surface area contributed by atoms with E-state index in [1.165, 1.54) is 17.0 Å². The maximum Gasteiger partial charge on any atom is 0.416 e. The van der Waals surface area contributed by atoms with Crippen LogP contribution in [0.2, 0.25) is 10.0 Å². The highest BCUT2D eigenvalue weighted by molar-refractivity contribution is 6.42. The second-order valence-corrected chi connectivity index (χ2v) is 10.9. The summed E-state index contributed by atoms with van der Waals surface area (Å²) in [6, 6.07) is 16.7. The Hall–Kier alpha value is -3.69. The number of urea groups is 1. The SMILES string of the molecule is O=C(CN(C(=O)Nc1cccc(C(F)(F)F)c1)C1CC1)N(CCc1c[nH]c2ccccc12)Cc1ccc(Cl)c(Cl)c1. The quantitative estimate of drug-likeness (QED) is 0.205. The summed E-state index contributed by atoms with van der Waals surface area (Å²) in [4.78, 5) is 33.2. The Morgan fingerprint density at radius 1 is 0.976 bits per heavy atom. The number of halogens is 5. The topological polar surface area (TPSA) is 68.4 Å². The van der Waals surface area contributed by atoms with Gasteiger partial charge in [0.1, 0.15) is 6.54 Å². The summed E-state index contributed by atoms with van der Waals surface area (Å²) >= 11 is 12.3. The van der Waals surface area contributed by atoms with Crippen molar-refractivity contribution >= 4 is 51.7 Å². The lowest BCUT2D eigenvalue weighted by Gasteiger charge is -2.28. The molecular weight excluding hydrogens is 576 g/mol. The van der Waals surface area contributed by atoms with E-state index in [-0.39, 0.29) is 30.7 Å². The molecule has 1 aliphatic carbocycles. The molecule has 0 radical (unpaired) electrons. The monoisotopic (exact) mass is 602 g/mol. The van der Waals surface area contributed by atoms with Crippen molar-refractivity contribution in [3.8, 4) is 0 Å². The second kappa shape index (κ2) is 12.0. The van der Waals surface area contributed by atoms with Crippen LogP contribution in [0.25, 0.3) is 10.9 Å². The summed E-state index contributed by atoms with van der Waals surface area (Å²) in [5.41, 5.74) is 1.97. The van der Waals surface area contributed by atoms with Crippen LogP contribution in [0.5, 0.6) is 0 Å². The highest BCUT2D eigenvalue weighted by atomic mass is 35.5. The standard InChI is InChI=1S/C30H27Cl2F3N4O2/c31-25-11-8-19(14-26(25)32)17-38(13-12-20-16-36-27-7-2-1-6-24(20)27)28(40)18-39(23-9-10-23)29(41)37-22-5-3-4-21(15-22)30(33,34)35/h1-8,11,14-16,23,36H,9-10,12-13,17-18H2,(H,37,41). The first kappa shape index (κ1) is 28.8. The van der Waals surface area contributed by atoms with Crippen LogP contribution in [-0.2, 0) is 23.9 Å². The van der Waals surface area contributed by atoms with E-state index in [2.05, 4.69) is 10.3 Å². The number of nitrogens with one attached hydrogen (secondary N) is 2. The van der Waals surface area contributed by atoms with Crippen molar-refractivity contribution in [2.24, 2.45) is 0 Å². The Balaban J connectivity index is 1.33. The van der Waals surface area contributed by atoms with E-state index in [1.807, 2.05) is 30.5 Å². The van der Waals surface area contributed by atoms with Crippen LogP contribution in [0.1, 0.15) is 29.5 Å². The van der Waals surface area contributed by atoms with Crippen LogP contribution in [0.4, 0.5) is 23.7 Å². The van der Waals surface area contributed by atoms with Crippen molar-refractivity contribution in [3.63, 3.8) is 0 Å². The predicted molar refractivity (Wildman–Crippen MR) is 154 cm³/mol. The number of hydrogen-bond donors (Lipinski definition) is 2. The molecule has 3 amide bonds. The second-order valence-electron chi connectivity index (χ2n) is 10.0. The first-order chi connectivity index (χ1) is 19.6. The molecule has 1 saturated carbocycles. The number of benzene rings is 3. The van der Waals surface area contributed by atoms with E-state index in [0.717, 1.165) is 34.2 Å². The van der Waals surface area contributed by atoms with Gasteiger partial charge in [-0.25, -0.2) is 4.79 Å². The zero-order chi connectivity index (χ0) is 29.1. The molecule has 0 saturated heterocycles. The Bertz CT molecular complexity index is 1570. The van der Waals surface area contributed by atoms with Gasteiger partial charge in [0, 0.05) is 41.9 Å². The number of hydrogen-bond acceptors (Lipinski definition) is 2. The van der Waals surface area contributed by atoms with Gasteiger partial charge < -0.3 is 20.1 Å². The van der Waals surface area contributed by atoms with Crippen molar-refractivity contribution in [1.82, 2.24) is 14.8 Å². The van der Waals surface area contributed by atoms with Crippen molar-refractivity contribution in [1.29, 1.82) is 0 Å². The molecule has 1 heterocycles. The van der Waals surface area contributed by atoms with Gasteiger partial charge in [-0.2, -0.15) is 13.2 Å². The Morgan fingerprint density at radius 2 is 1.76 bits per heavy atom. The molecule has 11 heteroatoms. The minimum atomic E-state index is -4.54. The number of nitrogens with zero attached hydrogens (tertiary/aromatic N) is 2. The molecule has 1 fully saturated rings. The summed E-state index contributed by atoms with van der Waals surface area (Å²) < 4.78 is 39.5. The van der Waals surface area contributed by atoms with Crippen molar-refractivity contribution < 1.29 is 22.8 Å². The van der Waals surface area contributed by atoms with Crippen molar-refractivity contribution in [2.75, 3.05) is 18.4 Å². The van der Waals surface area contributed by atoms with Gasteiger partial charge in [-0.15, -0.1) is 0 Å². The number of carbonyl (C=O) groups excluding carboxylic acids is 2. The predicted octanol–water partition coefficient (Wildman–Crippen LogP) is 7.76. The van der Waals surface area contributed by atoms with Gasteiger partial charge in [-0.1, -0.05) is 53.5 Å². The van der Waals surface area contributed by atoms with Gasteiger partial charge >= 0.3 is 12.2 Å². The number of anilines is 1. The Morgan fingerprint density at radius 3 is 2.49 bits per heavy atom. The van der Waals surface area contributed by atoms with Gasteiger partial charge in [0.25, 0.3) is 0 Å². The smallest absolute Gasteiger partial charge is 0.361 e. The van der Waals surface area contributed by atoms with Gasteiger partial charge in [-0.05, 0) is 66.8 Å². The van der Waals surface area contributed by atoms with Crippen LogP contribution in [0, 0.1) is 0 Å². The molecule has 0 unspecified atom stereocenters. The molecule has 5 rings (SSSR count). The molecule has 2 N–H and O–H groups in total. The van der Waals surface area contributed by atoms with Gasteiger partial charge in [0.05, 0.1) is 15.6 Å². The van der Waals surface area contributed by atoms with Crippen LogP contribution in [0.3, 0.4) is 0 Å². The molecule has 4 aromatic rings. The highest BCUT2D eigenvalue weighted by Crippen LogP contribution is 2.32. The molecule has 0 spiro atoms. The molecule has 0 aliphatic heterocycles. The molecule has 3 aromatic carbocycles. The first-order valence-corrected chi connectivity index (χ1v) is 13.9. The molecule has 0 bridgehead atoms. The normalized spacial score (nSPS) is 13.3. The molecule has 41 heavy (non-hydrogen) atoms. The molecule has 6 nitrogen and oxygen atoms in total. The third-order valence-electron chi connectivity index (χ3n) is 7.03. The van der Waals surface area contributed by atoms with Crippen LogP contribution >= 0.6 is 23.2 Å². The maximum atomic E-state index is 13.7. The largest absolute Gasteiger partial charge is 0.416 e. The van der Waals surface area contributed by atoms with E-state index < -0.39 is 17.8 Å². The number of aromatic amines is 1. The van der Waals surface area contributed by atoms with Crippen LogP contribution in [-0.4, -0.2) is 45.9 Å².